The molecule has 1 saturated heterocycles. The first-order valence-electron chi connectivity index (χ1n) is 8.61. The van der Waals surface area contributed by atoms with Crippen LogP contribution in [0.5, 0.6) is 0 Å². The SMILES string of the molecule is CCCc1cc(C(=O)N(C)CCCO)cc(N2CCNCC2)c1. The van der Waals surface area contributed by atoms with Crippen LogP contribution in [0.15, 0.2) is 18.2 Å². The number of hydrogen-bond donors (Lipinski definition) is 2. The number of carbonyl (C=O) groups is 1. The van der Waals surface area contributed by atoms with Crippen molar-refractivity contribution in [3.05, 3.63) is 29.3 Å². The summed E-state index contributed by atoms with van der Waals surface area (Å²) in [5.74, 6) is 0.0350. The average Bonchev–Trinajstić information content (AvgIpc) is 2.59. The molecule has 1 heterocycles. The number of nitrogens with zero attached hydrogens (tertiary/aromatic N) is 2. The lowest BCUT2D eigenvalue weighted by atomic mass is 10.0. The quantitative estimate of drug-likeness (QED) is 0.800. The first-order valence-corrected chi connectivity index (χ1v) is 8.61. The molecule has 0 radical (unpaired) electrons. The molecule has 0 saturated carbocycles. The molecule has 1 aliphatic heterocycles. The number of hydrogen-bond acceptors (Lipinski definition) is 4. The number of amides is 1. The van der Waals surface area contributed by atoms with Gasteiger partial charge in [0.25, 0.3) is 5.91 Å². The summed E-state index contributed by atoms with van der Waals surface area (Å²) in [6.45, 7) is 6.77. The van der Waals surface area contributed by atoms with E-state index in [1.165, 1.54) is 5.56 Å². The molecule has 5 heteroatoms. The van der Waals surface area contributed by atoms with Gasteiger partial charge >= 0.3 is 0 Å². The molecule has 128 valence electrons. The van der Waals surface area contributed by atoms with E-state index in [-0.39, 0.29) is 12.5 Å². The molecule has 1 amide bonds. The van der Waals surface area contributed by atoms with Crippen LogP contribution in [0.2, 0.25) is 0 Å². The number of aliphatic hydroxyl groups excluding tert-OH is 1. The van der Waals surface area contributed by atoms with Crippen LogP contribution >= 0.6 is 0 Å². The van der Waals surface area contributed by atoms with Crippen molar-refractivity contribution in [2.45, 2.75) is 26.2 Å². The second kappa shape index (κ2) is 8.89. The van der Waals surface area contributed by atoms with Crippen LogP contribution in [-0.4, -0.2) is 62.3 Å². The molecule has 0 spiro atoms. The molecule has 0 atom stereocenters. The second-order valence-electron chi connectivity index (χ2n) is 6.18. The molecular formula is C18H29N3O2. The maximum atomic E-state index is 12.7. The van der Waals surface area contributed by atoms with Gasteiger partial charge in [-0.05, 0) is 36.6 Å². The van der Waals surface area contributed by atoms with Gasteiger partial charge in [-0.1, -0.05) is 13.3 Å². The maximum Gasteiger partial charge on any atom is 0.253 e. The van der Waals surface area contributed by atoms with Crippen molar-refractivity contribution in [2.75, 3.05) is 51.3 Å². The van der Waals surface area contributed by atoms with Crippen LogP contribution in [0, 0.1) is 0 Å². The first-order chi connectivity index (χ1) is 11.2. The average molecular weight is 319 g/mol. The van der Waals surface area contributed by atoms with Gasteiger partial charge in [0.1, 0.15) is 0 Å². The molecule has 1 aromatic carbocycles. The van der Waals surface area contributed by atoms with Crippen molar-refractivity contribution < 1.29 is 9.90 Å². The Balaban J connectivity index is 2.23. The summed E-state index contributed by atoms with van der Waals surface area (Å²) in [6.07, 6.45) is 2.67. The van der Waals surface area contributed by atoms with E-state index in [2.05, 4.69) is 23.2 Å². The highest BCUT2D eigenvalue weighted by molar-refractivity contribution is 5.95. The fourth-order valence-corrected chi connectivity index (χ4v) is 2.97. The Hall–Kier alpha value is -1.59. The molecule has 0 aliphatic carbocycles. The molecule has 2 N–H and O–H groups in total. The van der Waals surface area contributed by atoms with Gasteiger partial charge < -0.3 is 20.2 Å². The van der Waals surface area contributed by atoms with Gasteiger partial charge in [-0.15, -0.1) is 0 Å². The highest BCUT2D eigenvalue weighted by Gasteiger charge is 2.17. The lowest BCUT2D eigenvalue weighted by molar-refractivity contribution is 0.0786. The Labute approximate surface area is 139 Å². The number of benzene rings is 1. The molecule has 1 aliphatic rings. The maximum absolute atomic E-state index is 12.7. The van der Waals surface area contributed by atoms with Crippen LogP contribution in [-0.2, 0) is 6.42 Å². The number of aliphatic hydroxyl groups is 1. The molecule has 2 rings (SSSR count). The van der Waals surface area contributed by atoms with Crippen molar-refractivity contribution in [1.29, 1.82) is 0 Å². The Bertz CT molecular complexity index is 513. The van der Waals surface area contributed by atoms with E-state index in [1.807, 2.05) is 12.1 Å². The Morgan fingerprint density at radius 2 is 2.04 bits per heavy atom. The Morgan fingerprint density at radius 1 is 1.30 bits per heavy atom. The highest BCUT2D eigenvalue weighted by atomic mass is 16.3. The number of aryl methyl sites for hydroxylation is 1. The Kier molecular flexibility index (Phi) is 6.86. The van der Waals surface area contributed by atoms with Crippen molar-refractivity contribution in [3.63, 3.8) is 0 Å². The zero-order valence-electron chi connectivity index (χ0n) is 14.3. The number of anilines is 1. The van der Waals surface area contributed by atoms with Crippen molar-refractivity contribution in [3.8, 4) is 0 Å². The molecule has 1 aromatic rings. The van der Waals surface area contributed by atoms with Crippen molar-refractivity contribution in [2.24, 2.45) is 0 Å². The van der Waals surface area contributed by atoms with Gasteiger partial charge in [-0.3, -0.25) is 4.79 Å². The van der Waals surface area contributed by atoms with Gasteiger partial charge in [0.2, 0.25) is 0 Å². The minimum atomic E-state index is 0.0350. The van der Waals surface area contributed by atoms with Gasteiger partial charge in [-0.2, -0.15) is 0 Å². The third kappa shape index (κ3) is 4.94. The lowest BCUT2D eigenvalue weighted by Gasteiger charge is -2.30. The number of rotatable bonds is 7. The van der Waals surface area contributed by atoms with Crippen LogP contribution < -0.4 is 10.2 Å². The van der Waals surface area contributed by atoms with E-state index in [9.17, 15) is 4.79 Å². The zero-order chi connectivity index (χ0) is 16.7. The predicted octanol–water partition coefficient (Wildman–Crippen LogP) is 1.50. The molecule has 23 heavy (non-hydrogen) atoms. The fraction of sp³-hybridized carbons (Fsp3) is 0.611. The Morgan fingerprint density at radius 3 is 2.70 bits per heavy atom. The van der Waals surface area contributed by atoms with E-state index in [0.717, 1.165) is 50.3 Å². The summed E-state index contributed by atoms with van der Waals surface area (Å²) < 4.78 is 0. The topological polar surface area (TPSA) is 55.8 Å². The summed E-state index contributed by atoms with van der Waals surface area (Å²) in [7, 11) is 1.80. The summed E-state index contributed by atoms with van der Waals surface area (Å²) in [5, 5.41) is 12.3. The predicted molar refractivity (Wildman–Crippen MR) is 94.2 cm³/mol. The monoisotopic (exact) mass is 319 g/mol. The van der Waals surface area contributed by atoms with E-state index in [4.69, 9.17) is 5.11 Å². The van der Waals surface area contributed by atoms with Crippen molar-refractivity contribution >= 4 is 11.6 Å². The third-order valence-electron chi connectivity index (χ3n) is 4.24. The van der Waals surface area contributed by atoms with Crippen LogP contribution in [0.1, 0.15) is 35.7 Å². The standard InChI is InChI=1S/C18H29N3O2/c1-3-5-15-12-16(18(23)20(2)8-4-11-22)14-17(13-15)21-9-6-19-7-10-21/h12-14,19,22H,3-11H2,1-2H3. The molecular weight excluding hydrogens is 290 g/mol. The summed E-state index contributed by atoms with van der Waals surface area (Å²) in [6, 6.07) is 6.26. The normalized spacial score (nSPS) is 14.8. The molecule has 0 aromatic heterocycles. The van der Waals surface area contributed by atoms with Crippen LogP contribution in [0.4, 0.5) is 5.69 Å². The molecule has 0 unspecified atom stereocenters. The number of piperazine rings is 1. The van der Waals surface area contributed by atoms with Crippen LogP contribution in [0.25, 0.3) is 0 Å². The smallest absolute Gasteiger partial charge is 0.253 e. The minimum Gasteiger partial charge on any atom is -0.396 e. The number of nitrogens with one attached hydrogen (secondary N) is 1. The summed E-state index contributed by atoms with van der Waals surface area (Å²) in [4.78, 5) is 16.7. The fourth-order valence-electron chi connectivity index (χ4n) is 2.97. The van der Waals surface area contributed by atoms with Gasteiger partial charge in [0, 0.05) is 57.6 Å². The van der Waals surface area contributed by atoms with Crippen LogP contribution in [0.3, 0.4) is 0 Å². The van der Waals surface area contributed by atoms with Gasteiger partial charge in [-0.25, -0.2) is 0 Å². The van der Waals surface area contributed by atoms with E-state index in [1.54, 1.807) is 11.9 Å². The molecule has 1 fully saturated rings. The second-order valence-corrected chi connectivity index (χ2v) is 6.18. The van der Waals surface area contributed by atoms with Gasteiger partial charge in [0.15, 0.2) is 0 Å². The summed E-state index contributed by atoms with van der Waals surface area (Å²) >= 11 is 0. The number of carbonyl (C=O) groups excluding carboxylic acids is 1. The largest absolute Gasteiger partial charge is 0.396 e. The first kappa shape index (κ1) is 17.8. The molecule has 0 bridgehead atoms. The van der Waals surface area contributed by atoms with E-state index in [0.29, 0.717) is 13.0 Å². The van der Waals surface area contributed by atoms with E-state index < -0.39 is 0 Å². The zero-order valence-corrected chi connectivity index (χ0v) is 14.3. The summed E-state index contributed by atoms with van der Waals surface area (Å²) in [5.41, 5.74) is 3.13. The van der Waals surface area contributed by atoms with Gasteiger partial charge in [0.05, 0.1) is 0 Å². The third-order valence-corrected chi connectivity index (χ3v) is 4.24. The van der Waals surface area contributed by atoms with E-state index >= 15 is 0 Å². The highest BCUT2D eigenvalue weighted by Crippen LogP contribution is 2.22. The van der Waals surface area contributed by atoms with Crippen molar-refractivity contribution in [1.82, 2.24) is 10.2 Å². The minimum absolute atomic E-state index is 0.0350. The molecule has 5 nitrogen and oxygen atoms in total. The lowest BCUT2D eigenvalue weighted by Crippen LogP contribution is -2.43.